The smallest absolute Gasteiger partial charge is 0.241 e. The molecule has 2 fully saturated rings. The molecule has 0 radical (unpaired) electrons. The van der Waals surface area contributed by atoms with Crippen molar-refractivity contribution in [3.05, 3.63) is 29.8 Å². The molecule has 2 heterocycles. The Hall–Kier alpha value is -1.39. The highest BCUT2D eigenvalue weighted by molar-refractivity contribution is 5.95. The third-order valence-corrected chi connectivity index (χ3v) is 4.25. The van der Waals surface area contributed by atoms with Crippen molar-refractivity contribution in [3.8, 4) is 0 Å². The van der Waals surface area contributed by atoms with Gasteiger partial charge in [-0.1, -0.05) is 26.0 Å². The zero-order valence-electron chi connectivity index (χ0n) is 12.1. The van der Waals surface area contributed by atoms with Crippen molar-refractivity contribution in [2.24, 2.45) is 0 Å². The molecular weight excluding hydrogens is 252 g/mol. The molecule has 0 aromatic heterocycles. The Labute approximate surface area is 119 Å². The van der Waals surface area contributed by atoms with Gasteiger partial charge in [0.05, 0.1) is 12.1 Å². The largest absolute Gasteiger partial charge is 0.376 e. The summed E-state index contributed by atoms with van der Waals surface area (Å²) in [5.74, 6) is 0.549. The fourth-order valence-corrected chi connectivity index (χ4v) is 2.99. The predicted octanol–water partition coefficient (Wildman–Crippen LogP) is 2.27. The summed E-state index contributed by atoms with van der Waals surface area (Å²) in [5, 5.41) is 6.35. The number of carbonyl (C=O) groups excluding carboxylic acids is 1. The molecule has 0 unspecified atom stereocenters. The third-order valence-electron chi connectivity index (χ3n) is 4.25. The fraction of sp³-hybridized carbons (Fsp3) is 0.562. The zero-order valence-corrected chi connectivity index (χ0v) is 12.1. The molecule has 108 valence electrons. The second-order valence-corrected chi connectivity index (χ2v) is 6.03. The maximum Gasteiger partial charge on any atom is 0.241 e. The van der Waals surface area contributed by atoms with E-state index < -0.39 is 0 Å². The van der Waals surface area contributed by atoms with Gasteiger partial charge >= 0.3 is 0 Å². The van der Waals surface area contributed by atoms with Crippen LogP contribution >= 0.6 is 0 Å². The van der Waals surface area contributed by atoms with Gasteiger partial charge in [0.1, 0.15) is 0 Å². The van der Waals surface area contributed by atoms with Gasteiger partial charge in [-0.15, -0.1) is 0 Å². The predicted molar refractivity (Wildman–Crippen MR) is 78.8 cm³/mol. The van der Waals surface area contributed by atoms with Crippen LogP contribution in [0.5, 0.6) is 0 Å². The highest BCUT2D eigenvalue weighted by Crippen LogP contribution is 2.26. The maximum absolute atomic E-state index is 12.2. The van der Waals surface area contributed by atoms with Crippen LogP contribution in [0, 0.1) is 0 Å². The van der Waals surface area contributed by atoms with Gasteiger partial charge in [-0.25, -0.2) is 0 Å². The molecule has 1 amide bonds. The molecule has 3 rings (SSSR count). The van der Waals surface area contributed by atoms with Crippen molar-refractivity contribution in [1.29, 1.82) is 0 Å². The van der Waals surface area contributed by atoms with E-state index in [0.717, 1.165) is 25.1 Å². The molecule has 2 N–H and O–H groups in total. The zero-order chi connectivity index (χ0) is 14.1. The van der Waals surface area contributed by atoms with Crippen LogP contribution in [0.25, 0.3) is 0 Å². The third kappa shape index (κ3) is 2.72. The van der Waals surface area contributed by atoms with Gasteiger partial charge in [0.15, 0.2) is 0 Å². The van der Waals surface area contributed by atoms with E-state index in [1.165, 1.54) is 5.56 Å². The molecule has 0 bridgehead atoms. The van der Waals surface area contributed by atoms with Crippen LogP contribution < -0.4 is 10.6 Å². The molecule has 2 aliphatic rings. The Morgan fingerprint density at radius 3 is 2.75 bits per heavy atom. The Morgan fingerprint density at radius 2 is 2.10 bits per heavy atom. The first-order valence-corrected chi connectivity index (χ1v) is 7.42. The number of amides is 1. The van der Waals surface area contributed by atoms with E-state index in [9.17, 15) is 4.79 Å². The standard InChI is InChI=1S/C16H22N2O2/c1-10(2)11-3-5-12(6-4-11)17-16(19)14-9-15-13(18-14)7-8-20-15/h3-6,10,13-15,18H,7-9H2,1-2H3,(H,17,19)/t13-,14-,15-/m0/s1. The first kappa shape index (κ1) is 13.6. The second kappa shape index (κ2) is 5.54. The van der Waals surface area contributed by atoms with E-state index in [-0.39, 0.29) is 18.1 Å². The van der Waals surface area contributed by atoms with Crippen molar-refractivity contribution in [3.63, 3.8) is 0 Å². The van der Waals surface area contributed by atoms with Crippen LogP contribution in [0.1, 0.15) is 38.2 Å². The lowest BCUT2D eigenvalue weighted by Gasteiger charge is -2.13. The summed E-state index contributed by atoms with van der Waals surface area (Å²) in [6.07, 6.45) is 2.01. The van der Waals surface area contributed by atoms with Crippen molar-refractivity contribution < 1.29 is 9.53 Å². The Kier molecular flexibility index (Phi) is 3.76. The SMILES string of the molecule is CC(C)c1ccc(NC(=O)[C@@H]2C[C@@H]3OCC[C@@H]3N2)cc1. The maximum atomic E-state index is 12.2. The van der Waals surface area contributed by atoms with E-state index in [2.05, 4.69) is 36.6 Å². The summed E-state index contributed by atoms with van der Waals surface area (Å²) >= 11 is 0. The minimum Gasteiger partial charge on any atom is -0.376 e. The number of fused-ring (bicyclic) bond motifs is 1. The number of benzene rings is 1. The second-order valence-electron chi connectivity index (χ2n) is 6.03. The van der Waals surface area contributed by atoms with E-state index in [1.807, 2.05) is 12.1 Å². The molecule has 2 saturated heterocycles. The molecule has 3 atom stereocenters. The van der Waals surface area contributed by atoms with Gasteiger partial charge in [-0.3, -0.25) is 4.79 Å². The quantitative estimate of drug-likeness (QED) is 0.889. The van der Waals surface area contributed by atoms with Gasteiger partial charge in [-0.05, 0) is 36.5 Å². The molecule has 4 heteroatoms. The molecule has 2 aliphatic heterocycles. The first-order chi connectivity index (χ1) is 9.63. The minimum absolute atomic E-state index is 0.0419. The number of ether oxygens (including phenoxy) is 1. The Bertz CT molecular complexity index is 472. The number of carbonyl (C=O) groups is 1. The monoisotopic (exact) mass is 274 g/mol. The summed E-state index contributed by atoms with van der Waals surface area (Å²) < 4.78 is 5.61. The lowest BCUT2D eigenvalue weighted by Crippen LogP contribution is -2.39. The van der Waals surface area contributed by atoms with Gasteiger partial charge in [0, 0.05) is 18.3 Å². The van der Waals surface area contributed by atoms with Gasteiger partial charge < -0.3 is 15.4 Å². The molecule has 4 nitrogen and oxygen atoms in total. The van der Waals surface area contributed by atoms with Crippen LogP contribution in [0.3, 0.4) is 0 Å². The van der Waals surface area contributed by atoms with Crippen LogP contribution in [-0.2, 0) is 9.53 Å². The van der Waals surface area contributed by atoms with Gasteiger partial charge in [-0.2, -0.15) is 0 Å². The number of rotatable bonds is 3. The van der Waals surface area contributed by atoms with Crippen LogP contribution in [0.15, 0.2) is 24.3 Å². The molecule has 0 spiro atoms. The van der Waals surface area contributed by atoms with E-state index in [4.69, 9.17) is 4.74 Å². The van der Waals surface area contributed by atoms with Crippen LogP contribution in [-0.4, -0.2) is 30.7 Å². The lowest BCUT2D eigenvalue weighted by atomic mass is 10.0. The number of hydrogen-bond donors (Lipinski definition) is 2. The summed E-state index contributed by atoms with van der Waals surface area (Å²) in [4.78, 5) is 12.2. The highest BCUT2D eigenvalue weighted by atomic mass is 16.5. The van der Waals surface area contributed by atoms with Crippen LogP contribution in [0.4, 0.5) is 5.69 Å². The van der Waals surface area contributed by atoms with Crippen molar-refractivity contribution in [2.45, 2.75) is 50.8 Å². The lowest BCUT2D eigenvalue weighted by molar-refractivity contribution is -0.118. The molecule has 1 aromatic rings. The summed E-state index contributed by atoms with van der Waals surface area (Å²) in [5.41, 5.74) is 2.14. The molecule has 0 saturated carbocycles. The highest BCUT2D eigenvalue weighted by Gasteiger charge is 2.40. The Morgan fingerprint density at radius 1 is 1.35 bits per heavy atom. The summed E-state index contributed by atoms with van der Waals surface area (Å²) in [6, 6.07) is 8.31. The molecule has 20 heavy (non-hydrogen) atoms. The van der Waals surface area contributed by atoms with E-state index >= 15 is 0 Å². The van der Waals surface area contributed by atoms with E-state index in [0.29, 0.717) is 12.0 Å². The molecule has 1 aromatic carbocycles. The summed E-state index contributed by atoms with van der Waals surface area (Å²) in [7, 11) is 0. The van der Waals surface area contributed by atoms with Crippen molar-refractivity contribution >= 4 is 11.6 Å². The fourth-order valence-electron chi connectivity index (χ4n) is 2.99. The normalized spacial score (nSPS) is 28.6. The topological polar surface area (TPSA) is 50.4 Å². The number of anilines is 1. The van der Waals surface area contributed by atoms with E-state index in [1.54, 1.807) is 0 Å². The minimum atomic E-state index is -0.130. The Balaban J connectivity index is 1.59. The first-order valence-electron chi connectivity index (χ1n) is 7.42. The number of nitrogens with one attached hydrogen (secondary N) is 2. The van der Waals surface area contributed by atoms with Gasteiger partial charge in [0.25, 0.3) is 0 Å². The van der Waals surface area contributed by atoms with Crippen molar-refractivity contribution in [2.75, 3.05) is 11.9 Å². The average molecular weight is 274 g/mol. The number of hydrogen-bond acceptors (Lipinski definition) is 3. The van der Waals surface area contributed by atoms with Crippen LogP contribution in [0.2, 0.25) is 0 Å². The molecular formula is C16H22N2O2. The molecule has 0 aliphatic carbocycles. The van der Waals surface area contributed by atoms with Gasteiger partial charge in [0.2, 0.25) is 5.91 Å². The van der Waals surface area contributed by atoms with Crippen molar-refractivity contribution in [1.82, 2.24) is 5.32 Å². The average Bonchev–Trinajstić information content (AvgIpc) is 2.99. The summed E-state index contributed by atoms with van der Waals surface area (Å²) in [6.45, 7) is 5.14.